The van der Waals surface area contributed by atoms with Gasteiger partial charge < -0.3 is 9.47 Å². The Morgan fingerprint density at radius 3 is 2.82 bits per heavy atom. The number of benzene rings is 1. The normalized spacial score (nSPS) is 10.0. The van der Waals surface area contributed by atoms with E-state index in [0.717, 1.165) is 6.29 Å². The summed E-state index contributed by atoms with van der Waals surface area (Å²) in [4.78, 5) is 23.7. The highest BCUT2D eigenvalue weighted by Crippen LogP contribution is 2.34. The molecule has 0 bridgehead atoms. The molecule has 0 N–H and O–H groups in total. The molecule has 1 aromatic heterocycles. The predicted molar refractivity (Wildman–Crippen MR) is 86.2 cm³/mol. The number of carbonyl (C=O) groups excluding carboxylic acids is 2. The molecule has 0 amide bonds. The number of ether oxygens (including phenoxy) is 2. The second-order valence-electron chi connectivity index (χ2n) is 4.42. The Morgan fingerprint density at radius 1 is 1.41 bits per heavy atom. The molecule has 0 aliphatic rings. The average molecular weight is 316 g/mol. The molecule has 0 saturated carbocycles. The third-order valence-electron chi connectivity index (χ3n) is 2.87. The first kappa shape index (κ1) is 16.0. The topological polar surface area (TPSA) is 52.6 Å². The lowest BCUT2D eigenvalue weighted by Crippen LogP contribution is -2.10. The molecule has 0 aliphatic heterocycles. The van der Waals surface area contributed by atoms with Gasteiger partial charge in [-0.2, -0.15) is 0 Å². The van der Waals surface area contributed by atoms with E-state index >= 15 is 0 Å². The van der Waals surface area contributed by atoms with E-state index < -0.39 is 5.97 Å². The van der Waals surface area contributed by atoms with Crippen LogP contribution in [0.4, 0.5) is 0 Å². The second kappa shape index (κ2) is 7.56. The highest BCUT2D eigenvalue weighted by Gasteiger charge is 2.18. The molecular formula is C17H16O4S. The molecule has 2 aromatic rings. The number of hydrogen-bond donors (Lipinski definition) is 0. The van der Waals surface area contributed by atoms with Crippen LogP contribution in [-0.4, -0.2) is 18.9 Å². The molecule has 4 nitrogen and oxygen atoms in total. The lowest BCUT2D eigenvalue weighted by Gasteiger charge is -2.14. The van der Waals surface area contributed by atoms with Gasteiger partial charge in [0.05, 0.1) is 6.61 Å². The molecule has 0 unspecified atom stereocenters. The molecule has 0 radical (unpaired) electrons. The van der Waals surface area contributed by atoms with Gasteiger partial charge in [-0.15, -0.1) is 17.9 Å². The van der Waals surface area contributed by atoms with E-state index in [9.17, 15) is 9.59 Å². The van der Waals surface area contributed by atoms with Gasteiger partial charge in [0.25, 0.3) is 0 Å². The van der Waals surface area contributed by atoms with E-state index in [0.29, 0.717) is 40.5 Å². The Kier molecular flexibility index (Phi) is 5.49. The quantitative estimate of drug-likeness (QED) is 0.336. The van der Waals surface area contributed by atoms with E-state index in [1.54, 1.807) is 35.7 Å². The van der Waals surface area contributed by atoms with Gasteiger partial charge in [0.2, 0.25) is 0 Å². The van der Waals surface area contributed by atoms with Crippen LogP contribution in [0.1, 0.15) is 32.5 Å². The summed E-state index contributed by atoms with van der Waals surface area (Å²) < 4.78 is 11.0. The van der Waals surface area contributed by atoms with Gasteiger partial charge >= 0.3 is 5.97 Å². The summed E-state index contributed by atoms with van der Waals surface area (Å²) in [6.45, 7) is 5.92. The van der Waals surface area contributed by atoms with Gasteiger partial charge in [0.15, 0.2) is 11.5 Å². The number of thiophene rings is 1. The van der Waals surface area contributed by atoms with Gasteiger partial charge in [0, 0.05) is 11.1 Å². The minimum absolute atomic E-state index is 0.339. The minimum Gasteiger partial charge on any atom is -0.490 e. The van der Waals surface area contributed by atoms with E-state index in [4.69, 9.17) is 9.47 Å². The van der Waals surface area contributed by atoms with Crippen LogP contribution in [0, 0.1) is 0 Å². The van der Waals surface area contributed by atoms with Crippen molar-refractivity contribution < 1.29 is 19.1 Å². The summed E-state index contributed by atoms with van der Waals surface area (Å²) in [5, 5.41) is 1.81. The van der Waals surface area contributed by atoms with E-state index in [1.165, 1.54) is 11.3 Å². The Bertz CT molecular complexity index is 674. The zero-order valence-corrected chi connectivity index (χ0v) is 13.0. The van der Waals surface area contributed by atoms with Crippen molar-refractivity contribution in [2.45, 2.75) is 13.3 Å². The first-order valence-corrected chi connectivity index (χ1v) is 7.69. The van der Waals surface area contributed by atoms with Crippen molar-refractivity contribution in [2.24, 2.45) is 0 Å². The molecule has 1 aromatic carbocycles. The maximum atomic E-state index is 12.2. The van der Waals surface area contributed by atoms with Crippen molar-refractivity contribution in [3.63, 3.8) is 0 Å². The number of rotatable bonds is 7. The van der Waals surface area contributed by atoms with Crippen molar-refractivity contribution in [1.82, 2.24) is 0 Å². The van der Waals surface area contributed by atoms with Crippen molar-refractivity contribution >= 4 is 23.6 Å². The lowest BCUT2D eigenvalue weighted by atomic mass is 10.1. The van der Waals surface area contributed by atoms with Crippen molar-refractivity contribution in [3.8, 4) is 11.5 Å². The van der Waals surface area contributed by atoms with Crippen molar-refractivity contribution in [2.75, 3.05) is 6.61 Å². The molecule has 1 heterocycles. The summed E-state index contributed by atoms with van der Waals surface area (Å²) in [5.74, 6) is 0.278. The van der Waals surface area contributed by atoms with Crippen LogP contribution in [0.3, 0.4) is 0 Å². The molecule has 0 aliphatic carbocycles. The fraction of sp³-hybridized carbons (Fsp3) is 0.176. The largest absolute Gasteiger partial charge is 0.490 e. The molecule has 0 atom stereocenters. The van der Waals surface area contributed by atoms with Crippen LogP contribution in [0.2, 0.25) is 0 Å². The fourth-order valence-corrected chi connectivity index (χ4v) is 2.57. The fourth-order valence-electron chi connectivity index (χ4n) is 1.97. The third-order valence-corrected chi connectivity index (χ3v) is 3.72. The van der Waals surface area contributed by atoms with Gasteiger partial charge in [-0.05, 0) is 36.9 Å². The maximum Gasteiger partial charge on any atom is 0.353 e. The van der Waals surface area contributed by atoms with E-state index in [-0.39, 0.29) is 0 Å². The zero-order valence-electron chi connectivity index (χ0n) is 12.2. The minimum atomic E-state index is -0.444. The van der Waals surface area contributed by atoms with Gasteiger partial charge in [-0.1, -0.05) is 12.1 Å². The second-order valence-corrected chi connectivity index (χ2v) is 5.37. The van der Waals surface area contributed by atoms with Crippen LogP contribution < -0.4 is 9.47 Å². The maximum absolute atomic E-state index is 12.2. The molecule has 0 saturated heterocycles. The first-order chi connectivity index (χ1) is 10.7. The number of allylic oxidation sites excluding steroid dienone is 1. The summed E-state index contributed by atoms with van der Waals surface area (Å²) >= 11 is 1.30. The van der Waals surface area contributed by atoms with Crippen LogP contribution in [0.25, 0.3) is 0 Å². The number of esters is 1. The molecule has 5 heteroatoms. The molecule has 0 spiro atoms. The van der Waals surface area contributed by atoms with Crippen LogP contribution in [-0.2, 0) is 6.42 Å². The summed E-state index contributed by atoms with van der Waals surface area (Å²) in [5.41, 5.74) is 1.16. The van der Waals surface area contributed by atoms with Crippen molar-refractivity contribution in [1.29, 1.82) is 0 Å². The Balaban J connectivity index is 2.43. The molecule has 0 fully saturated rings. The Morgan fingerprint density at radius 2 is 2.23 bits per heavy atom. The standard InChI is InChI=1S/C17H16O4S/c1-3-6-13-9-12(11-18)10-14(20-4-2)16(13)21-17(19)15-7-5-8-22-15/h3,5,7-11H,1,4,6H2,2H3. The molecular weight excluding hydrogens is 300 g/mol. The smallest absolute Gasteiger partial charge is 0.353 e. The average Bonchev–Trinajstić information content (AvgIpc) is 3.04. The Hall–Kier alpha value is -2.40. The predicted octanol–water partition coefficient (Wildman–Crippen LogP) is 3.91. The van der Waals surface area contributed by atoms with Gasteiger partial charge in [-0.3, -0.25) is 4.79 Å². The summed E-state index contributed by atoms with van der Waals surface area (Å²) in [6.07, 6.45) is 2.89. The van der Waals surface area contributed by atoms with Crippen LogP contribution >= 0.6 is 11.3 Å². The van der Waals surface area contributed by atoms with Gasteiger partial charge in [0.1, 0.15) is 11.2 Å². The number of aldehydes is 1. The summed E-state index contributed by atoms with van der Waals surface area (Å²) in [6, 6.07) is 6.72. The number of carbonyl (C=O) groups is 2. The highest BCUT2D eigenvalue weighted by molar-refractivity contribution is 7.12. The highest BCUT2D eigenvalue weighted by atomic mass is 32.1. The zero-order chi connectivity index (χ0) is 15.9. The molecule has 22 heavy (non-hydrogen) atoms. The van der Waals surface area contributed by atoms with E-state index in [1.807, 2.05) is 6.92 Å². The van der Waals surface area contributed by atoms with Gasteiger partial charge in [-0.25, -0.2) is 4.79 Å². The van der Waals surface area contributed by atoms with Crippen LogP contribution in [0.5, 0.6) is 11.5 Å². The molecule has 114 valence electrons. The van der Waals surface area contributed by atoms with Crippen molar-refractivity contribution in [3.05, 3.63) is 58.3 Å². The first-order valence-electron chi connectivity index (χ1n) is 6.81. The summed E-state index contributed by atoms with van der Waals surface area (Å²) in [7, 11) is 0. The lowest BCUT2D eigenvalue weighted by molar-refractivity contribution is 0.0732. The van der Waals surface area contributed by atoms with Crippen LogP contribution in [0.15, 0.2) is 42.3 Å². The Labute approximate surface area is 133 Å². The monoisotopic (exact) mass is 316 g/mol. The van der Waals surface area contributed by atoms with E-state index in [2.05, 4.69) is 6.58 Å². The molecule has 2 rings (SSSR count). The SMILES string of the molecule is C=CCc1cc(C=O)cc(OCC)c1OC(=O)c1cccs1. The number of hydrogen-bond acceptors (Lipinski definition) is 5. The third kappa shape index (κ3) is 3.62.